The number of thioether (sulfide) groups is 1. The first-order chi connectivity index (χ1) is 12.6. The van der Waals surface area contributed by atoms with Crippen molar-refractivity contribution < 1.29 is 14.3 Å². The number of para-hydroxylation sites is 1. The molecule has 3 rings (SSSR count). The van der Waals surface area contributed by atoms with Crippen LogP contribution in [0.4, 0.5) is 0 Å². The zero-order valence-electron chi connectivity index (χ0n) is 14.5. The van der Waals surface area contributed by atoms with Gasteiger partial charge in [0, 0.05) is 11.9 Å². The van der Waals surface area contributed by atoms with E-state index in [0.717, 1.165) is 20.1 Å². The summed E-state index contributed by atoms with van der Waals surface area (Å²) in [6, 6.07) is 15.0. The van der Waals surface area contributed by atoms with E-state index in [-0.39, 0.29) is 12.5 Å². The molecule has 1 heterocycles. The molecular weight excluding hydrogens is 368 g/mol. The molecule has 26 heavy (non-hydrogen) atoms. The fraction of sp³-hybridized carbons (Fsp3) is 0.211. The SMILES string of the molecule is CSc1ccccc1C(=O)OCC(=O)N(C)Cc1nc2ccccc2s1. The molecule has 0 fully saturated rings. The summed E-state index contributed by atoms with van der Waals surface area (Å²) in [5.41, 5.74) is 1.40. The van der Waals surface area contributed by atoms with E-state index < -0.39 is 5.97 Å². The molecule has 1 aromatic heterocycles. The first-order valence-electron chi connectivity index (χ1n) is 7.97. The first-order valence-corrected chi connectivity index (χ1v) is 10.0. The van der Waals surface area contributed by atoms with E-state index in [9.17, 15) is 9.59 Å². The Kier molecular flexibility index (Phi) is 5.90. The van der Waals surface area contributed by atoms with E-state index in [1.807, 2.05) is 42.7 Å². The molecule has 3 aromatic rings. The Morgan fingerprint density at radius 2 is 1.88 bits per heavy atom. The van der Waals surface area contributed by atoms with Crippen LogP contribution in [0.3, 0.4) is 0 Å². The normalized spacial score (nSPS) is 10.7. The molecule has 0 saturated carbocycles. The Morgan fingerprint density at radius 3 is 2.65 bits per heavy atom. The van der Waals surface area contributed by atoms with Crippen LogP contribution in [0.1, 0.15) is 15.4 Å². The molecule has 0 spiro atoms. The van der Waals surface area contributed by atoms with E-state index in [4.69, 9.17) is 4.74 Å². The van der Waals surface area contributed by atoms with Crippen molar-refractivity contribution in [2.24, 2.45) is 0 Å². The highest BCUT2D eigenvalue weighted by Crippen LogP contribution is 2.23. The van der Waals surface area contributed by atoms with Gasteiger partial charge in [0.15, 0.2) is 6.61 Å². The highest BCUT2D eigenvalue weighted by atomic mass is 32.2. The van der Waals surface area contributed by atoms with Crippen LogP contribution in [0.2, 0.25) is 0 Å². The molecule has 0 bridgehead atoms. The lowest BCUT2D eigenvalue weighted by atomic mass is 10.2. The number of thiazole rings is 1. The predicted molar refractivity (Wildman–Crippen MR) is 105 cm³/mol. The van der Waals surface area contributed by atoms with E-state index in [2.05, 4.69) is 4.98 Å². The van der Waals surface area contributed by atoms with Crippen LogP contribution in [-0.2, 0) is 16.1 Å². The van der Waals surface area contributed by atoms with Gasteiger partial charge in [0.2, 0.25) is 0 Å². The van der Waals surface area contributed by atoms with Gasteiger partial charge in [-0.2, -0.15) is 0 Å². The second kappa shape index (κ2) is 8.33. The number of benzene rings is 2. The minimum atomic E-state index is -0.489. The third-order valence-corrected chi connectivity index (χ3v) is 5.61. The Balaban J connectivity index is 1.58. The molecule has 0 atom stereocenters. The lowest BCUT2D eigenvalue weighted by molar-refractivity contribution is -0.133. The average Bonchev–Trinajstić information content (AvgIpc) is 3.07. The second-order valence-electron chi connectivity index (χ2n) is 5.60. The average molecular weight is 386 g/mol. The topological polar surface area (TPSA) is 59.5 Å². The molecular formula is C19H18N2O3S2. The van der Waals surface area contributed by atoms with E-state index in [1.54, 1.807) is 30.5 Å². The molecule has 7 heteroatoms. The van der Waals surface area contributed by atoms with Crippen LogP contribution in [0.5, 0.6) is 0 Å². The number of esters is 1. The number of hydrogen-bond acceptors (Lipinski definition) is 6. The Morgan fingerprint density at radius 1 is 1.15 bits per heavy atom. The smallest absolute Gasteiger partial charge is 0.339 e. The van der Waals surface area contributed by atoms with Crippen LogP contribution in [0.25, 0.3) is 10.2 Å². The van der Waals surface area contributed by atoms with Gasteiger partial charge in [-0.15, -0.1) is 23.1 Å². The zero-order chi connectivity index (χ0) is 18.5. The fourth-order valence-corrected chi connectivity index (χ4v) is 4.01. The molecule has 134 valence electrons. The fourth-order valence-electron chi connectivity index (χ4n) is 2.41. The van der Waals surface area contributed by atoms with Crippen molar-refractivity contribution in [1.29, 1.82) is 0 Å². The van der Waals surface area contributed by atoms with Gasteiger partial charge in [0.05, 0.1) is 22.3 Å². The summed E-state index contributed by atoms with van der Waals surface area (Å²) in [4.78, 5) is 31.3. The molecule has 0 radical (unpaired) electrons. The summed E-state index contributed by atoms with van der Waals surface area (Å²) in [5, 5.41) is 0.848. The number of carbonyl (C=O) groups is 2. The van der Waals surface area contributed by atoms with Gasteiger partial charge in [-0.1, -0.05) is 24.3 Å². The maximum absolute atomic E-state index is 12.3. The molecule has 0 N–H and O–H groups in total. The number of aromatic nitrogens is 1. The standard InChI is InChI=1S/C19H18N2O3S2/c1-21(11-17-20-14-8-4-6-10-16(14)26-17)18(22)12-24-19(23)13-7-3-5-9-15(13)25-2/h3-10H,11-12H2,1-2H3. The van der Waals surface area contributed by atoms with Crippen molar-refractivity contribution in [2.75, 3.05) is 19.9 Å². The maximum Gasteiger partial charge on any atom is 0.339 e. The third kappa shape index (κ3) is 4.23. The third-order valence-electron chi connectivity index (χ3n) is 3.79. The summed E-state index contributed by atoms with van der Waals surface area (Å²) < 4.78 is 6.28. The van der Waals surface area contributed by atoms with Crippen molar-refractivity contribution in [3.05, 3.63) is 59.1 Å². The quantitative estimate of drug-likeness (QED) is 0.476. The van der Waals surface area contributed by atoms with E-state index in [0.29, 0.717) is 12.1 Å². The first kappa shape index (κ1) is 18.4. The van der Waals surface area contributed by atoms with Crippen molar-refractivity contribution in [3.8, 4) is 0 Å². The summed E-state index contributed by atoms with van der Waals surface area (Å²) >= 11 is 3.02. The molecule has 0 saturated heterocycles. The number of rotatable bonds is 6. The predicted octanol–water partition coefficient (Wildman–Crippen LogP) is 3.83. The minimum Gasteiger partial charge on any atom is -0.452 e. The number of fused-ring (bicyclic) bond motifs is 1. The van der Waals surface area contributed by atoms with E-state index >= 15 is 0 Å². The monoisotopic (exact) mass is 386 g/mol. The maximum atomic E-state index is 12.3. The van der Waals surface area contributed by atoms with Gasteiger partial charge in [-0.3, -0.25) is 4.79 Å². The van der Waals surface area contributed by atoms with Crippen LogP contribution in [-0.4, -0.2) is 41.7 Å². The van der Waals surface area contributed by atoms with Crippen molar-refractivity contribution in [1.82, 2.24) is 9.88 Å². The summed E-state index contributed by atoms with van der Waals surface area (Å²) in [6.45, 7) is 0.0973. The Bertz CT molecular complexity index is 906. The molecule has 0 aliphatic carbocycles. The van der Waals surface area contributed by atoms with Gasteiger partial charge in [-0.25, -0.2) is 9.78 Å². The number of likely N-dealkylation sites (N-methyl/N-ethyl adjacent to an activating group) is 1. The molecule has 1 amide bonds. The van der Waals surface area contributed by atoms with Gasteiger partial charge in [0.25, 0.3) is 5.91 Å². The largest absolute Gasteiger partial charge is 0.452 e. The van der Waals surface area contributed by atoms with Gasteiger partial charge >= 0.3 is 5.97 Å². The van der Waals surface area contributed by atoms with Gasteiger partial charge in [0.1, 0.15) is 5.01 Å². The van der Waals surface area contributed by atoms with Gasteiger partial charge in [-0.05, 0) is 30.5 Å². The molecule has 0 aliphatic heterocycles. The Labute approximate surface area is 160 Å². The second-order valence-corrected chi connectivity index (χ2v) is 7.56. The van der Waals surface area contributed by atoms with Crippen LogP contribution in [0.15, 0.2) is 53.4 Å². The summed E-state index contributed by atoms with van der Waals surface area (Å²) in [5.74, 6) is -0.754. The highest BCUT2D eigenvalue weighted by Gasteiger charge is 2.17. The number of hydrogen-bond donors (Lipinski definition) is 0. The highest BCUT2D eigenvalue weighted by molar-refractivity contribution is 7.98. The van der Waals surface area contributed by atoms with Crippen molar-refractivity contribution >= 4 is 45.2 Å². The number of ether oxygens (including phenoxy) is 1. The number of amides is 1. The van der Waals surface area contributed by atoms with E-state index in [1.165, 1.54) is 16.7 Å². The van der Waals surface area contributed by atoms with Crippen LogP contribution < -0.4 is 0 Å². The summed E-state index contributed by atoms with van der Waals surface area (Å²) in [7, 11) is 1.68. The molecule has 2 aromatic carbocycles. The van der Waals surface area contributed by atoms with Gasteiger partial charge < -0.3 is 9.64 Å². The van der Waals surface area contributed by atoms with Crippen LogP contribution in [0, 0.1) is 0 Å². The lowest BCUT2D eigenvalue weighted by Crippen LogP contribution is -2.30. The minimum absolute atomic E-state index is 0.265. The number of nitrogens with zero attached hydrogens (tertiary/aromatic N) is 2. The van der Waals surface area contributed by atoms with Crippen molar-refractivity contribution in [2.45, 2.75) is 11.4 Å². The summed E-state index contributed by atoms with van der Waals surface area (Å²) in [6.07, 6.45) is 1.89. The lowest BCUT2D eigenvalue weighted by Gasteiger charge is -2.15. The Hall–Kier alpha value is -2.38. The van der Waals surface area contributed by atoms with Crippen LogP contribution >= 0.6 is 23.1 Å². The molecule has 5 nitrogen and oxygen atoms in total. The van der Waals surface area contributed by atoms with Crippen molar-refractivity contribution in [3.63, 3.8) is 0 Å². The molecule has 0 unspecified atom stereocenters. The zero-order valence-corrected chi connectivity index (χ0v) is 16.1. The molecule has 0 aliphatic rings. The number of carbonyl (C=O) groups excluding carboxylic acids is 2.